The lowest BCUT2D eigenvalue weighted by Crippen LogP contribution is -2.52. The van der Waals surface area contributed by atoms with Crippen molar-refractivity contribution in [3.05, 3.63) is 59.2 Å². The molecule has 7 heteroatoms. The Morgan fingerprint density at radius 3 is 2.30 bits per heavy atom. The molecule has 2 aromatic carbocycles. The summed E-state index contributed by atoms with van der Waals surface area (Å²) in [5, 5.41) is 12.2. The minimum atomic E-state index is -1.04. The van der Waals surface area contributed by atoms with Crippen molar-refractivity contribution < 1.29 is 24.2 Å². The third-order valence-corrected chi connectivity index (χ3v) is 5.46. The number of fused-ring (bicyclic) bond motifs is 1. The van der Waals surface area contributed by atoms with Crippen molar-refractivity contribution in [3.63, 3.8) is 0 Å². The number of ether oxygens (including phenoxy) is 2. The summed E-state index contributed by atoms with van der Waals surface area (Å²) in [5.41, 5.74) is 2.96. The van der Waals surface area contributed by atoms with Crippen LogP contribution in [0.25, 0.3) is 0 Å². The highest BCUT2D eigenvalue weighted by Crippen LogP contribution is 2.41. The van der Waals surface area contributed by atoms with Gasteiger partial charge in [-0.3, -0.25) is 0 Å². The monoisotopic (exact) mass is 412 g/mol. The molecule has 1 aliphatic rings. The van der Waals surface area contributed by atoms with E-state index >= 15 is 0 Å². The third-order valence-electron chi connectivity index (χ3n) is 5.46. The van der Waals surface area contributed by atoms with Crippen molar-refractivity contribution in [2.24, 2.45) is 5.92 Å². The van der Waals surface area contributed by atoms with Crippen molar-refractivity contribution in [3.8, 4) is 11.5 Å². The summed E-state index contributed by atoms with van der Waals surface area (Å²) >= 11 is 0. The smallest absolute Gasteiger partial charge is 0.326 e. The molecule has 0 bridgehead atoms. The predicted molar refractivity (Wildman–Crippen MR) is 113 cm³/mol. The molecule has 0 aromatic heterocycles. The Labute approximate surface area is 176 Å². The SMILES string of the molecule is COc1cc2c(cc1OC)[C@@H](c1ccccc1)N(C(=O)N[C@H](C(=O)O)C(C)C)CC2. The number of rotatable bonds is 6. The maximum Gasteiger partial charge on any atom is 0.326 e. The van der Waals surface area contributed by atoms with Crippen LogP contribution in [0.4, 0.5) is 4.79 Å². The Bertz CT molecular complexity index is 913. The van der Waals surface area contributed by atoms with E-state index in [1.54, 1.807) is 33.0 Å². The van der Waals surface area contributed by atoms with Crippen LogP contribution in [0.3, 0.4) is 0 Å². The average molecular weight is 412 g/mol. The molecular weight excluding hydrogens is 384 g/mol. The molecule has 2 aromatic rings. The molecule has 2 atom stereocenters. The van der Waals surface area contributed by atoms with Crippen molar-refractivity contribution in [2.45, 2.75) is 32.4 Å². The molecule has 7 nitrogen and oxygen atoms in total. The number of urea groups is 1. The lowest BCUT2D eigenvalue weighted by Gasteiger charge is -2.38. The van der Waals surface area contributed by atoms with Crippen LogP contribution in [0.1, 0.15) is 36.6 Å². The molecule has 2 amide bonds. The number of methoxy groups -OCH3 is 2. The molecule has 0 unspecified atom stereocenters. The van der Waals surface area contributed by atoms with E-state index < -0.39 is 18.0 Å². The Morgan fingerprint density at radius 2 is 1.73 bits per heavy atom. The molecule has 0 saturated heterocycles. The van der Waals surface area contributed by atoms with Gasteiger partial charge < -0.3 is 24.8 Å². The van der Waals surface area contributed by atoms with E-state index in [0.717, 1.165) is 16.7 Å². The average Bonchev–Trinajstić information content (AvgIpc) is 2.75. The second-order valence-electron chi connectivity index (χ2n) is 7.67. The molecule has 1 heterocycles. The zero-order chi connectivity index (χ0) is 21.8. The van der Waals surface area contributed by atoms with Crippen LogP contribution in [0.15, 0.2) is 42.5 Å². The van der Waals surface area contributed by atoms with Crippen LogP contribution >= 0.6 is 0 Å². The summed E-state index contributed by atoms with van der Waals surface area (Å²) in [4.78, 5) is 26.5. The number of carbonyl (C=O) groups is 2. The topological polar surface area (TPSA) is 88.1 Å². The van der Waals surface area contributed by atoms with Gasteiger partial charge in [0.1, 0.15) is 6.04 Å². The maximum atomic E-state index is 13.2. The number of aliphatic carboxylic acids is 1. The molecule has 3 rings (SSSR count). The Kier molecular flexibility index (Phi) is 6.50. The highest BCUT2D eigenvalue weighted by Gasteiger charge is 2.35. The quantitative estimate of drug-likeness (QED) is 0.759. The molecular formula is C23H28N2O5. The minimum absolute atomic E-state index is 0.233. The fourth-order valence-corrected chi connectivity index (χ4v) is 3.89. The number of benzene rings is 2. The standard InChI is InChI=1S/C23H28N2O5/c1-14(2)20(22(26)27)24-23(28)25-11-10-16-12-18(29-3)19(30-4)13-17(16)21(25)15-8-6-5-7-9-15/h5-9,12-14,20-21H,10-11H2,1-4H3,(H,24,28)(H,26,27)/t20-,21+/m0/s1. The second-order valence-corrected chi connectivity index (χ2v) is 7.67. The van der Waals surface area contributed by atoms with Crippen LogP contribution in [-0.4, -0.2) is 48.8 Å². The van der Waals surface area contributed by atoms with Gasteiger partial charge in [-0.15, -0.1) is 0 Å². The van der Waals surface area contributed by atoms with E-state index in [1.165, 1.54) is 0 Å². The highest BCUT2D eigenvalue weighted by atomic mass is 16.5. The highest BCUT2D eigenvalue weighted by molar-refractivity contribution is 5.83. The van der Waals surface area contributed by atoms with Gasteiger partial charge in [-0.25, -0.2) is 9.59 Å². The van der Waals surface area contributed by atoms with Crippen molar-refractivity contribution >= 4 is 12.0 Å². The molecule has 2 N–H and O–H groups in total. The second kappa shape index (κ2) is 9.07. The normalized spacial score (nSPS) is 16.6. The number of nitrogens with one attached hydrogen (secondary N) is 1. The van der Waals surface area contributed by atoms with Crippen LogP contribution < -0.4 is 14.8 Å². The Balaban J connectivity index is 2.05. The molecule has 0 aliphatic carbocycles. The van der Waals surface area contributed by atoms with Crippen molar-refractivity contribution in [2.75, 3.05) is 20.8 Å². The zero-order valence-electron chi connectivity index (χ0n) is 17.7. The largest absolute Gasteiger partial charge is 0.493 e. The number of carboxylic acid groups (broad SMARTS) is 1. The lowest BCUT2D eigenvalue weighted by molar-refractivity contribution is -0.140. The molecule has 160 valence electrons. The first-order chi connectivity index (χ1) is 14.4. The van der Waals surface area contributed by atoms with Crippen LogP contribution in [0.2, 0.25) is 0 Å². The summed E-state index contributed by atoms with van der Waals surface area (Å²) in [6.45, 7) is 4.01. The molecule has 0 fully saturated rings. The number of carbonyl (C=O) groups excluding carboxylic acids is 1. The van der Waals surface area contributed by atoms with Gasteiger partial charge in [0.05, 0.1) is 20.3 Å². The fraction of sp³-hybridized carbons (Fsp3) is 0.391. The first kappa shape index (κ1) is 21.5. The first-order valence-corrected chi connectivity index (χ1v) is 9.97. The zero-order valence-corrected chi connectivity index (χ0v) is 17.7. The van der Waals surface area contributed by atoms with Gasteiger partial charge >= 0.3 is 12.0 Å². The summed E-state index contributed by atoms with van der Waals surface area (Å²) in [5.74, 6) is -0.0433. The maximum absolute atomic E-state index is 13.2. The van der Waals surface area contributed by atoms with Gasteiger partial charge in [-0.2, -0.15) is 0 Å². The molecule has 30 heavy (non-hydrogen) atoms. The van der Waals surface area contributed by atoms with Gasteiger partial charge in [-0.1, -0.05) is 44.2 Å². The number of amides is 2. The lowest BCUT2D eigenvalue weighted by atomic mass is 9.88. The van der Waals surface area contributed by atoms with E-state index in [0.29, 0.717) is 24.5 Å². The van der Waals surface area contributed by atoms with E-state index in [4.69, 9.17) is 9.47 Å². The van der Waals surface area contributed by atoms with Gasteiger partial charge in [0.15, 0.2) is 11.5 Å². The minimum Gasteiger partial charge on any atom is -0.493 e. The fourth-order valence-electron chi connectivity index (χ4n) is 3.89. The van der Waals surface area contributed by atoms with Gasteiger partial charge in [0.2, 0.25) is 0 Å². The van der Waals surface area contributed by atoms with Gasteiger partial charge in [0, 0.05) is 6.54 Å². The van der Waals surface area contributed by atoms with E-state index in [1.807, 2.05) is 42.5 Å². The molecule has 0 radical (unpaired) electrons. The van der Waals surface area contributed by atoms with E-state index in [9.17, 15) is 14.7 Å². The molecule has 1 aliphatic heterocycles. The summed E-state index contributed by atoms with van der Waals surface area (Å²) in [6, 6.07) is 11.8. The molecule has 0 spiro atoms. The Morgan fingerprint density at radius 1 is 1.10 bits per heavy atom. The van der Waals surface area contributed by atoms with E-state index in [-0.39, 0.29) is 12.0 Å². The first-order valence-electron chi connectivity index (χ1n) is 9.97. The summed E-state index contributed by atoms with van der Waals surface area (Å²) in [7, 11) is 3.18. The number of carboxylic acids is 1. The van der Waals surface area contributed by atoms with Crippen LogP contribution in [0.5, 0.6) is 11.5 Å². The number of hydrogen-bond donors (Lipinski definition) is 2. The van der Waals surface area contributed by atoms with Crippen molar-refractivity contribution in [1.29, 1.82) is 0 Å². The Hall–Kier alpha value is -3.22. The van der Waals surface area contributed by atoms with Gasteiger partial charge in [0.25, 0.3) is 0 Å². The van der Waals surface area contributed by atoms with Gasteiger partial charge in [-0.05, 0) is 41.2 Å². The summed E-state index contributed by atoms with van der Waals surface area (Å²) in [6.07, 6.45) is 0.631. The number of hydrogen-bond acceptors (Lipinski definition) is 4. The third kappa shape index (κ3) is 4.20. The number of nitrogens with zero attached hydrogens (tertiary/aromatic N) is 1. The van der Waals surface area contributed by atoms with Crippen LogP contribution in [-0.2, 0) is 11.2 Å². The molecule has 0 saturated carbocycles. The van der Waals surface area contributed by atoms with E-state index in [2.05, 4.69) is 5.32 Å². The summed E-state index contributed by atoms with van der Waals surface area (Å²) < 4.78 is 10.9. The van der Waals surface area contributed by atoms with Crippen LogP contribution in [0, 0.1) is 5.92 Å². The van der Waals surface area contributed by atoms with Crippen molar-refractivity contribution in [1.82, 2.24) is 10.2 Å². The predicted octanol–water partition coefficient (Wildman–Crippen LogP) is 3.47.